The highest BCUT2D eigenvalue weighted by atomic mass is 127. The average molecular weight is 575 g/mol. The third-order valence-corrected chi connectivity index (χ3v) is 6.12. The summed E-state index contributed by atoms with van der Waals surface area (Å²) in [5, 5.41) is 7.28. The number of aliphatic imine (C=N–C) groups is 1. The molecular weight excluding hydrogens is 544 g/mol. The van der Waals surface area contributed by atoms with Crippen molar-refractivity contribution in [3.05, 3.63) is 34.9 Å². The van der Waals surface area contributed by atoms with Crippen LogP contribution in [0.4, 0.5) is 13.2 Å². The van der Waals surface area contributed by atoms with E-state index in [0.29, 0.717) is 51.8 Å². The van der Waals surface area contributed by atoms with E-state index in [0.717, 1.165) is 23.4 Å². The molecule has 2 heterocycles. The van der Waals surface area contributed by atoms with Crippen molar-refractivity contribution in [3.8, 4) is 0 Å². The van der Waals surface area contributed by atoms with Crippen molar-refractivity contribution in [3.63, 3.8) is 0 Å². The molecule has 0 spiro atoms. The summed E-state index contributed by atoms with van der Waals surface area (Å²) in [6.07, 6.45) is -1.87. The predicted octanol–water partition coefficient (Wildman–Crippen LogP) is 4.20. The maximum Gasteiger partial charge on any atom is 0.401 e. The van der Waals surface area contributed by atoms with Crippen LogP contribution in [0.2, 0.25) is 5.02 Å². The van der Waals surface area contributed by atoms with Gasteiger partial charge in [0.05, 0.1) is 13.1 Å². The van der Waals surface area contributed by atoms with Crippen LogP contribution in [0, 0.1) is 0 Å². The van der Waals surface area contributed by atoms with Gasteiger partial charge in [0.2, 0.25) is 0 Å². The number of halogens is 5. The highest BCUT2D eigenvalue weighted by Gasteiger charge is 2.37. The normalized spacial score (nSPS) is 22.1. The maximum atomic E-state index is 12.7. The summed E-state index contributed by atoms with van der Waals surface area (Å²) in [4.78, 5) is 6.26. The number of hydrogen-bond donors (Lipinski definition) is 2. The van der Waals surface area contributed by atoms with Gasteiger partial charge in [-0.2, -0.15) is 13.2 Å². The Balaban J connectivity index is 0.00000341. The summed E-state index contributed by atoms with van der Waals surface area (Å²) < 4.78 is 43.6. The molecule has 2 aliphatic heterocycles. The van der Waals surface area contributed by atoms with E-state index in [1.807, 2.05) is 25.1 Å². The number of rotatable bonds is 6. The van der Waals surface area contributed by atoms with Crippen molar-refractivity contribution in [1.29, 1.82) is 0 Å². The van der Waals surface area contributed by atoms with Crippen LogP contribution in [-0.2, 0) is 10.2 Å². The lowest BCUT2D eigenvalue weighted by molar-refractivity contribution is -0.143. The molecule has 3 rings (SSSR count). The number of alkyl halides is 3. The van der Waals surface area contributed by atoms with Gasteiger partial charge in [-0.25, -0.2) is 0 Å². The highest BCUT2D eigenvalue weighted by Crippen LogP contribution is 2.38. The molecule has 1 aromatic carbocycles. The van der Waals surface area contributed by atoms with Crippen LogP contribution >= 0.6 is 35.6 Å². The fourth-order valence-electron chi connectivity index (χ4n) is 4.26. The lowest BCUT2D eigenvalue weighted by Gasteiger charge is -2.37. The van der Waals surface area contributed by atoms with Crippen molar-refractivity contribution < 1.29 is 17.9 Å². The van der Waals surface area contributed by atoms with Crippen LogP contribution in [0.3, 0.4) is 0 Å². The first-order valence-corrected chi connectivity index (χ1v) is 10.9. The molecule has 2 aliphatic rings. The van der Waals surface area contributed by atoms with Gasteiger partial charge >= 0.3 is 6.18 Å². The van der Waals surface area contributed by atoms with Crippen molar-refractivity contribution in [2.75, 3.05) is 45.9 Å². The fraction of sp³-hybridized carbons (Fsp3) is 0.667. The molecule has 2 fully saturated rings. The van der Waals surface area contributed by atoms with Crippen LogP contribution in [0.5, 0.6) is 0 Å². The molecule has 176 valence electrons. The van der Waals surface area contributed by atoms with E-state index in [1.165, 1.54) is 4.90 Å². The fourth-order valence-corrected chi connectivity index (χ4v) is 4.59. The number of nitrogens with one attached hydrogen (secondary N) is 2. The topological polar surface area (TPSA) is 48.9 Å². The third kappa shape index (κ3) is 7.64. The number of nitrogens with zero attached hydrogens (tertiary/aromatic N) is 2. The zero-order valence-corrected chi connectivity index (χ0v) is 20.8. The van der Waals surface area contributed by atoms with E-state index in [4.69, 9.17) is 21.3 Å². The van der Waals surface area contributed by atoms with Crippen LogP contribution in [-0.4, -0.2) is 69.0 Å². The monoisotopic (exact) mass is 574 g/mol. The quantitative estimate of drug-likeness (QED) is 0.304. The van der Waals surface area contributed by atoms with E-state index in [2.05, 4.69) is 16.7 Å². The van der Waals surface area contributed by atoms with Gasteiger partial charge in [0.25, 0.3) is 0 Å². The molecule has 1 atom stereocenters. The Bertz CT molecular complexity index is 729. The third-order valence-electron chi connectivity index (χ3n) is 5.80. The lowest BCUT2D eigenvalue weighted by atomic mass is 9.74. The molecule has 2 saturated heterocycles. The number of hydrogen-bond acceptors (Lipinski definition) is 3. The number of likely N-dealkylation sites (tertiary alicyclic amines) is 1. The molecule has 0 amide bonds. The molecule has 1 unspecified atom stereocenters. The van der Waals surface area contributed by atoms with E-state index in [9.17, 15) is 13.2 Å². The zero-order chi connectivity index (χ0) is 21.6. The first kappa shape index (κ1) is 26.5. The van der Waals surface area contributed by atoms with Gasteiger partial charge in [0.1, 0.15) is 0 Å². The van der Waals surface area contributed by atoms with Crippen molar-refractivity contribution in [1.82, 2.24) is 15.5 Å². The second-order valence-electron chi connectivity index (χ2n) is 8.05. The molecule has 1 aromatic rings. The molecule has 0 aliphatic carbocycles. The SMILES string of the molecule is CCNC(=NCC1(c2ccccc2Cl)CCOCC1)NC1CCN(CC(F)(F)F)C1.I. The number of guanidine groups is 1. The molecule has 0 aromatic heterocycles. The Labute approximate surface area is 204 Å². The second kappa shape index (κ2) is 11.9. The number of ether oxygens (including phenoxy) is 1. The molecular formula is C21H31ClF3IN4O. The highest BCUT2D eigenvalue weighted by molar-refractivity contribution is 14.0. The summed E-state index contributed by atoms with van der Waals surface area (Å²) in [6, 6.07) is 7.79. The van der Waals surface area contributed by atoms with Gasteiger partial charge in [-0.15, -0.1) is 24.0 Å². The van der Waals surface area contributed by atoms with E-state index in [1.54, 1.807) is 0 Å². The lowest BCUT2D eigenvalue weighted by Crippen LogP contribution is -2.46. The van der Waals surface area contributed by atoms with Crippen LogP contribution < -0.4 is 10.6 Å². The van der Waals surface area contributed by atoms with Gasteiger partial charge in [-0.1, -0.05) is 29.8 Å². The summed E-state index contributed by atoms with van der Waals surface area (Å²) in [6.45, 7) is 4.40. The predicted molar refractivity (Wildman–Crippen MR) is 129 cm³/mol. The molecule has 2 N–H and O–H groups in total. The Morgan fingerprint density at radius 3 is 2.65 bits per heavy atom. The van der Waals surface area contributed by atoms with Gasteiger partial charge in [-0.05, 0) is 37.8 Å². The summed E-state index contributed by atoms with van der Waals surface area (Å²) in [7, 11) is 0. The van der Waals surface area contributed by atoms with Crippen molar-refractivity contribution >= 4 is 41.5 Å². The molecule has 5 nitrogen and oxygen atoms in total. The standard InChI is InChI=1S/C21H30ClF3N4O.HI/c1-2-26-19(28-16-7-10-29(13-16)15-21(23,24)25)27-14-20(8-11-30-12-9-20)17-5-3-4-6-18(17)22;/h3-6,16H,2,7-15H2,1H3,(H2,26,27,28);1H. The Morgan fingerprint density at radius 1 is 1.29 bits per heavy atom. The summed E-state index contributed by atoms with van der Waals surface area (Å²) in [5.74, 6) is 0.634. The Hall–Kier alpha value is -0.780. The molecule has 0 saturated carbocycles. The van der Waals surface area contributed by atoms with E-state index >= 15 is 0 Å². The first-order chi connectivity index (χ1) is 14.3. The van der Waals surface area contributed by atoms with Gasteiger partial charge in [0, 0.05) is 49.3 Å². The van der Waals surface area contributed by atoms with E-state index in [-0.39, 0.29) is 35.4 Å². The minimum atomic E-state index is -4.17. The van der Waals surface area contributed by atoms with E-state index < -0.39 is 12.7 Å². The maximum absolute atomic E-state index is 12.7. The van der Waals surface area contributed by atoms with Crippen LogP contribution in [0.25, 0.3) is 0 Å². The smallest absolute Gasteiger partial charge is 0.381 e. The zero-order valence-electron chi connectivity index (χ0n) is 17.7. The molecule has 31 heavy (non-hydrogen) atoms. The second-order valence-corrected chi connectivity index (χ2v) is 8.46. The van der Waals surface area contributed by atoms with Crippen molar-refractivity contribution in [2.24, 2.45) is 4.99 Å². The first-order valence-electron chi connectivity index (χ1n) is 10.5. The van der Waals surface area contributed by atoms with Gasteiger partial charge < -0.3 is 15.4 Å². The van der Waals surface area contributed by atoms with Gasteiger partial charge in [-0.3, -0.25) is 9.89 Å². The number of benzene rings is 1. The van der Waals surface area contributed by atoms with Crippen LogP contribution in [0.15, 0.2) is 29.3 Å². The largest absolute Gasteiger partial charge is 0.401 e. The summed E-state index contributed by atoms with van der Waals surface area (Å²) in [5.41, 5.74) is 0.864. The summed E-state index contributed by atoms with van der Waals surface area (Å²) >= 11 is 6.51. The molecule has 0 bridgehead atoms. The minimum Gasteiger partial charge on any atom is -0.381 e. The van der Waals surface area contributed by atoms with Gasteiger partial charge in [0.15, 0.2) is 5.96 Å². The van der Waals surface area contributed by atoms with Crippen molar-refractivity contribution in [2.45, 2.75) is 43.8 Å². The van der Waals surface area contributed by atoms with Crippen LogP contribution in [0.1, 0.15) is 31.7 Å². The Morgan fingerprint density at radius 2 is 2.00 bits per heavy atom. The molecule has 0 radical (unpaired) electrons. The Kier molecular flexibility index (Phi) is 10.2. The average Bonchev–Trinajstić information content (AvgIpc) is 3.12. The minimum absolute atomic E-state index is 0. The molecule has 10 heteroatoms.